The first-order valence-corrected chi connectivity index (χ1v) is 14.4. The van der Waals surface area contributed by atoms with Gasteiger partial charge in [0.2, 0.25) is 5.78 Å². The molecule has 2 aliphatic rings. The number of rotatable bonds is 15. The standard InChI is InChI=1S/C32H44N2O4/c1-5-9-17-33(18-10-6-2)23-13-15-25(27(35)21-23)29-31(37)30(32(29)38)26-16-14-24(22-28(26)36)34(19-11-7-3)20-12-8-4/h13-16,21-22,35,37H,5-12,17-20H2,1-4H3. The van der Waals surface area contributed by atoms with Crippen molar-refractivity contribution in [2.24, 2.45) is 0 Å². The Balaban J connectivity index is 1.85. The predicted octanol–water partition coefficient (Wildman–Crippen LogP) is 6.87. The summed E-state index contributed by atoms with van der Waals surface area (Å²) in [5, 5.41) is 21.7. The maximum atomic E-state index is 13.2. The van der Waals surface area contributed by atoms with Gasteiger partial charge in [0.1, 0.15) is 11.5 Å². The molecule has 1 aromatic carbocycles. The van der Waals surface area contributed by atoms with Crippen molar-refractivity contribution in [3.63, 3.8) is 0 Å². The number of allylic oxidation sites excluding steroid dienone is 6. The molecule has 1 aromatic rings. The Kier molecular flexibility index (Phi) is 10.8. The van der Waals surface area contributed by atoms with Gasteiger partial charge >= 0.3 is 0 Å². The van der Waals surface area contributed by atoms with Crippen LogP contribution in [0.2, 0.25) is 0 Å². The first kappa shape index (κ1) is 29.3. The molecule has 0 saturated heterocycles. The number of carbonyl (C=O) groups excluding carboxylic acids is 2. The normalized spacial score (nSPS) is 17.1. The quantitative estimate of drug-likeness (QED) is 0.246. The molecular weight excluding hydrogens is 476 g/mol. The largest absolute Gasteiger partial charge is 0.507 e. The molecule has 0 unspecified atom stereocenters. The van der Waals surface area contributed by atoms with Crippen LogP contribution in [0.4, 0.5) is 5.69 Å². The molecule has 0 amide bonds. The highest BCUT2D eigenvalue weighted by molar-refractivity contribution is 6.41. The van der Waals surface area contributed by atoms with Crippen LogP contribution in [0.25, 0.3) is 5.57 Å². The maximum Gasteiger partial charge on any atom is 0.202 e. The van der Waals surface area contributed by atoms with Crippen LogP contribution >= 0.6 is 0 Å². The number of carbonyl (C=O) groups is 2. The minimum absolute atomic E-state index is 0.0289. The molecule has 0 radical (unpaired) electrons. The number of aliphatic hydroxyl groups excluding tert-OH is 1. The highest BCUT2D eigenvalue weighted by Gasteiger charge is 2.39. The van der Waals surface area contributed by atoms with E-state index in [1.165, 1.54) is 0 Å². The zero-order chi connectivity index (χ0) is 27.7. The summed E-state index contributed by atoms with van der Waals surface area (Å²) in [6.07, 6.45) is 13.6. The third-order valence-electron chi connectivity index (χ3n) is 7.27. The van der Waals surface area contributed by atoms with E-state index in [0.717, 1.165) is 88.9 Å². The van der Waals surface area contributed by atoms with Crippen molar-refractivity contribution >= 4 is 22.8 Å². The second-order valence-corrected chi connectivity index (χ2v) is 10.2. The number of aromatic hydroxyl groups is 1. The molecule has 2 N–H and O–H groups in total. The summed E-state index contributed by atoms with van der Waals surface area (Å²) in [4.78, 5) is 30.7. The second kappa shape index (κ2) is 14.0. The van der Waals surface area contributed by atoms with Gasteiger partial charge in [0, 0.05) is 60.8 Å². The molecule has 0 aliphatic heterocycles. The van der Waals surface area contributed by atoms with E-state index in [1.807, 2.05) is 12.1 Å². The van der Waals surface area contributed by atoms with Crippen molar-refractivity contribution in [1.82, 2.24) is 4.90 Å². The predicted molar refractivity (Wildman–Crippen MR) is 155 cm³/mol. The Morgan fingerprint density at radius 1 is 0.711 bits per heavy atom. The van der Waals surface area contributed by atoms with Crippen LogP contribution in [0.1, 0.15) is 84.6 Å². The summed E-state index contributed by atoms with van der Waals surface area (Å²) in [7, 11) is 0. The summed E-state index contributed by atoms with van der Waals surface area (Å²) in [5.74, 6) is -0.977. The lowest BCUT2D eigenvalue weighted by atomic mass is 9.79. The number of unbranched alkanes of at least 4 members (excludes halogenated alkanes) is 4. The fourth-order valence-corrected chi connectivity index (χ4v) is 4.88. The highest BCUT2D eigenvalue weighted by Crippen LogP contribution is 2.43. The molecule has 0 fully saturated rings. The number of phenols is 1. The number of phenolic OH excluding ortho intramolecular Hbond substituents is 1. The van der Waals surface area contributed by atoms with Gasteiger partial charge in [0.05, 0.1) is 11.1 Å². The lowest BCUT2D eigenvalue weighted by Crippen LogP contribution is -2.28. The van der Waals surface area contributed by atoms with E-state index < -0.39 is 5.78 Å². The third kappa shape index (κ3) is 6.58. The molecule has 0 spiro atoms. The summed E-state index contributed by atoms with van der Waals surface area (Å²) in [6, 6.07) is 5.25. The Morgan fingerprint density at radius 2 is 1.26 bits per heavy atom. The number of aliphatic hydroxyl groups is 1. The van der Waals surface area contributed by atoms with Crippen LogP contribution in [-0.4, -0.2) is 52.9 Å². The lowest BCUT2D eigenvalue weighted by Gasteiger charge is -2.29. The summed E-state index contributed by atoms with van der Waals surface area (Å²) in [5.41, 5.74) is 2.33. The van der Waals surface area contributed by atoms with Gasteiger partial charge in [0.25, 0.3) is 0 Å². The van der Waals surface area contributed by atoms with Gasteiger partial charge in [-0.05, 0) is 50.0 Å². The van der Waals surface area contributed by atoms with Gasteiger partial charge in [0.15, 0.2) is 5.78 Å². The van der Waals surface area contributed by atoms with E-state index in [9.17, 15) is 19.8 Å². The Labute approximate surface area is 228 Å². The number of ketones is 2. The van der Waals surface area contributed by atoms with Gasteiger partial charge in [-0.1, -0.05) is 53.4 Å². The maximum absolute atomic E-state index is 13.2. The molecule has 6 heteroatoms. The Bertz CT molecular complexity index is 1130. The van der Waals surface area contributed by atoms with Crippen molar-refractivity contribution in [2.75, 3.05) is 31.1 Å². The third-order valence-corrected chi connectivity index (χ3v) is 7.27. The van der Waals surface area contributed by atoms with Crippen LogP contribution in [0.15, 0.2) is 59.0 Å². The van der Waals surface area contributed by atoms with Gasteiger partial charge < -0.3 is 20.0 Å². The molecule has 2 aliphatic carbocycles. The van der Waals surface area contributed by atoms with Crippen LogP contribution in [0.5, 0.6) is 5.75 Å². The van der Waals surface area contributed by atoms with Crippen LogP contribution in [-0.2, 0) is 9.59 Å². The molecule has 6 nitrogen and oxygen atoms in total. The number of nitrogens with zero attached hydrogens (tertiary/aromatic N) is 2. The summed E-state index contributed by atoms with van der Waals surface area (Å²) in [6.45, 7) is 12.2. The zero-order valence-corrected chi connectivity index (χ0v) is 23.6. The molecule has 0 atom stereocenters. The lowest BCUT2D eigenvalue weighted by molar-refractivity contribution is -0.114. The van der Waals surface area contributed by atoms with Gasteiger partial charge in [-0.15, -0.1) is 0 Å². The molecule has 38 heavy (non-hydrogen) atoms. The molecule has 0 aromatic heterocycles. The smallest absolute Gasteiger partial charge is 0.202 e. The average molecular weight is 521 g/mol. The monoisotopic (exact) mass is 520 g/mol. The van der Waals surface area contributed by atoms with Gasteiger partial charge in [-0.25, -0.2) is 0 Å². The number of anilines is 1. The van der Waals surface area contributed by atoms with Crippen molar-refractivity contribution < 1.29 is 19.8 Å². The van der Waals surface area contributed by atoms with Crippen molar-refractivity contribution in [3.05, 3.63) is 64.6 Å². The highest BCUT2D eigenvalue weighted by atomic mass is 16.3. The fraction of sp³-hybridized carbons (Fsp3) is 0.500. The molecule has 0 heterocycles. The number of Topliss-reactive ketones (excluding diaryl/α,β-unsaturated/α-hetero) is 1. The zero-order valence-electron chi connectivity index (χ0n) is 23.6. The first-order chi connectivity index (χ1) is 18.4. The SMILES string of the molecule is CCCCN(CCCC)C1=CC(=O)C(=C2C(=O)C(c3ccc(N(CCCC)CCCC)cc3O)=C2O)C=C1. The minimum atomic E-state index is -0.418. The summed E-state index contributed by atoms with van der Waals surface area (Å²) < 4.78 is 0. The van der Waals surface area contributed by atoms with Gasteiger partial charge in [-0.3, -0.25) is 9.59 Å². The first-order valence-electron chi connectivity index (χ1n) is 14.4. The molecule has 206 valence electrons. The number of hydrogen-bond acceptors (Lipinski definition) is 6. The topological polar surface area (TPSA) is 81.1 Å². The van der Waals surface area contributed by atoms with E-state index in [2.05, 4.69) is 37.5 Å². The van der Waals surface area contributed by atoms with E-state index in [0.29, 0.717) is 5.56 Å². The molecule has 0 bridgehead atoms. The van der Waals surface area contributed by atoms with Gasteiger partial charge in [-0.2, -0.15) is 0 Å². The molecule has 3 rings (SSSR count). The van der Waals surface area contributed by atoms with E-state index in [4.69, 9.17) is 0 Å². The van der Waals surface area contributed by atoms with Crippen LogP contribution < -0.4 is 4.90 Å². The second-order valence-electron chi connectivity index (χ2n) is 10.2. The summed E-state index contributed by atoms with van der Waals surface area (Å²) >= 11 is 0. The van der Waals surface area contributed by atoms with Crippen molar-refractivity contribution in [1.29, 1.82) is 0 Å². The number of benzene rings is 1. The Hall–Kier alpha value is -3.28. The Morgan fingerprint density at radius 3 is 1.74 bits per heavy atom. The number of hydrogen-bond donors (Lipinski definition) is 2. The van der Waals surface area contributed by atoms with Crippen molar-refractivity contribution in [2.45, 2.75) is 79.1 Å². The molecule has 0 saturated carbocycles. The van der Waals surface area contributed by atoms with Crippen molar-refractivity contribution in [3.8, 4) is 5.75 Å². The van der Waals surface area contributed by atoms with Crippen LogP contribution in [0, 0.1) is 0 Å². The van der Waals surface area contributed by atoms with E-state index in [1.54, 1.807) is 24.3 Å². The average Bonchev–Trinajstić information content (AvgIpc) is 2.91. The van der Waals surface area contributed by atoms with Crippen LogP contribution in [0.3, 0.4) is 0 Å². The fourth-order valence-electron chi connectivity index (χ4n) is 4.88. The van der Waals surface area contributed by atoms with E-state index >= 15 is 0 Å². The molecular formula is C32H44N2O4. The minimum Gasteiger partial charge on any atom is -0.507 e. The van der Waals surface area contributed by atoms with E-state index in [-0.39, 0.29) is 34.0 Å².